The second-order valence-corrected chi connectivity index (χ2v) is 5.84. The molecule has 0 radical (unpaired) electrons. The monoisotopic (exact) mass is 224 g/mol. The molecular formula is C13H24N2O. The molecule has 0 aromatic carbocycles. The molecule has 0 N–H and O–H groups in total. The molecule has 2 unspecified atom stereocenters. The average Bonchev–Trinajstić information content (AvgIpc) is 2.14. The number of carbonyl (C=O) groups is 1. The molecule has 0 saturated carbocycles. The predicted molar refractivity (Wildman–Crippen MR) is 65.5 cm³/mol. The number of rotatable bonds is 2. The smallest absolute Gasteiger partial charge is 0.136 e. The van der Waals surface area contributed by atoms with Crippen molar-refractivity contribution in [3.63, 3.8) is 0 Å². The van der Waals surface area contributed by atoms with E-state index in [1.807, 2.05) is 0 Å². The van der Waals surface area contributed by atoms with E-state index in [0.29, 0.717) is 30.0 Å². The minimum atomic E-state index is 0.461. The molecule has 2 fully saturated rings. The number of fused-ring (bicyclic) bond motifs is 2. The van der Waals surface area contributed by atoms with Crippen LogP contribution in [0.1, 0.15) is 40.5 Å². The van der Waals surface area contributed by atoms with Crippen LogP contribution in [0.2, 0.25) is 0 Å². The van der Waals surface area contributed by atoms with Crippen LogP contribution in [0.5, 0.6) is 0 Å². The largest absolute Gasteiger partial charge is 0.300 e. The van der Waals surface area contributed by atoms with Gasteiger partial charge in [0.25, 0.3) is 0 Å². The van der Waals surface area contributed by atoms with Crippen LogP contribution in [0.25, 0.3) is 0 Å². The van der Waals surface area contributed by atoms with Crippen molar-refractivity contribution in [2.24, 2.45) is 0 Å². The van der Waals surface area contributed by atoms with Crippen LogP contribution in [-0.2, 0) is 4.79 Å². The van der Waals surface area contributed by atoms with Gasteiger partial charge < -0.3 is 0 Å². The number of piperidine rings is 1. The van der Waals surface area contributed by atoms with Crippen molar-refractivity contribution in [2.75, 3.05) is 13.1 Å². The van der Waals surface area contributed by atoms with E-state index in [1.165, 1.54) is 0 Å². The molecule has 16 heavy (non-hydrogen) atoms. The van der Waals surface area contributed by atoms with Crippen molar-refractivity contribution in [3.8, 4) is 0 Å². The summed E-state index contributed by atoms with van der Waals surface area (Å²) in [6.07, 6.45) is 1.52. The molecule has 2 aliphatic heterocycles. The minimum Gasteiger partial charge on any atom is -0.300 e. The molecule has 3 nitrogen and oxygen atoms in total. The highest BCUT2D eigenvalue weighted by atomic mass is 16.1. The van der Waals surface area contributed by atoms with Crippen LogP contribution < -0.4 is 0 Å². The molecule has 2 aliphatic rings. The van der Waals surface area contributed by atoms with Gasteiger partial charge in [-0.25, -0.2) is 0 Å². The molecule has 2 bridgehead atoms. The standard InChI is InChI=1S/C13H24N2O/c1-9(2)14-7-11-5-13(16)6-12(8-14)15(11)10(3)4/h9-12H,5-8H2,1-4H3. The summed E-state index contributed by atoms with van der Waals surface area (Å²) >= 11 is 0. The molecule has 3 heteroatoms. The fourth-order valence-corrected chi connectivity index (χ4v) is 3.32. The first-order valence-corrected chi connectivity index (χ1v) is 6.52. The van der Waals surface area contributed by atoms with Gasteiger partial charge in [0.2, 0.25) is 0 Å². The molecule has 2 atom stereocenters. The Balaban J connectivity index is 2.14. The topological polar surface area (TPSA) is 23.6 Å². The lowest BCUT2D eigenvalue weighted by atomic mass is 9.88. The molecule has 0 amide bonds. The van der Waals surface area contributed by atoms with Gasteiger partial charge in [0.15, 0.2) is 0 Å². The Bertz CT molecular complexity index is 257. The zero-order valence-corrected chi connectivity index (χ0v) is 10.9. The Kier molecular flexibility index (Phi) is 3.36. The second-order valence-electron chi connectivity index (χ2n) is 5.84. The third kappa shape index (κ3) is 2.16. The van der Waals surface area contributed by atoms with Crippen LogP contribution in [-0.4, -0.2) is 52.8 Å². The van der Waals surface area contributed by atoms with E-state index in [9.17, 15) is 4.79 Å². The normalized spacial score (nSPS) is 32.8. The lowest BCUT2D eigenvalue weighted by Gasteiger charge is -2.52. The van der Waals surface area contributed by atoms with E-state index in [4.69, 9.17) is 0 Å². The van der Waals surface area contributed by atoms with Gasteiger partial charge in [0.05, 0.1) is 0 Å². The van der Waals surface area contributed by atoms with Gasteiger partial charge in [-0.1, -0.05) is 0 Å². The molecule has 92 valence electrons. The quantitative estimate of drug-likeness (QED) is 0.710. The van der Waals surface area contributed by atoms with Gasteiger partial charge in [0.1, 0.15) is 5.78 Å². The molecule has 2 heterocycles. The predicted octanol–water partition coefficient (Wildman–Crippen LogP) is 1.52. The van der Waals surface area contributed by atoms with E-state index >= 15 is 0 Å². The third-order valence-corrected chi connectivity index (χ3v) is 3.99. The average molecular weight is 224 g/mol. The molecule has 0 aromatic rings. The summed E-state index contributed by atoms with van der Waals surface area (Å²) in [5.41, 5.74) is 0. The number of Topliss-reactive ketones (excluding diaryl/α,β-unsaturated/α-hetero) is 1. The van der Waals surface area contributed by atoms with Crippen molar-refractivity contribution in [3.05, 3.63) is 0 Å². The van der Waals surface area contributed by atoms with E-state index in [2.05, 4.69) is 37.5 Å². The van der Waals surface area contributed by atoms with E-state index in [-0.39, 0.29) is 0 Å². The van der Waals surface area contributed by atoms with E-state index in [0.717, 1.165) is 25.9 Å². The summed E-state index contributed by atoms with van der Waals surface area (Å²) in [6.45, 7) is 11.1. The van der Waals surface area contributed by atoms with Crippen LogP contribution in [0.4, 0.5) is 0 Å². The van der Waals surface area contributed by atoms with Crippen LogP contribution in [0.15, 0.2) is 0 Å². The summed E-state index contributed by atoms with van der Waals surface area (Å²) in [6, 6.07) is 2.09. The van der Waals surface area contributed by atoms with Crippen LogP contribution in [0.3, 0.4) is 0 Å². The van der Waals surface area contributed by atoms with Crippen molar-refractivity contribution < 1.29 is 4.79 Å². The SMILES string of the molecule is CC(C)N1CC2CC(=O)CC(C1)N2C(C)C. The summed E-state index contributed by atoms with van der Waals surface area (Å²) in [4.78, 5) is 16.8. The zero-order chi connectivity index (χ0) is 11.9. The number of nitrogens with zero attached hydrogens (tertiary/aromatic N) is 2. The van der Waals surface area contributed by atoms with Crippen LogP contribution in [0, 0.1) is 0 Å². The minimum absolute atomic E-state index is 0.461. The molecule has 0 aromatic heterocycles. The third-order valence-electron chi connectivity index (χ3n) is 3.99. The number of hydrogen-bond acceptors (Lipinski definition) is 3. The van der Waals surface area contributed by atoms with E-state index < -0.39 is 0 Å². The lowest BCUT2D eigenvalue weighted by molar-refractivity contribution is -0.131. The molecular weight excluding hydrogens is 200 g/mol. The number of likely N-dealkylation sites (tertiary alicyclic amines) is 1. The number of carbonyl (C=O) groups excluding carboxylic acids is 1. The van der Waals surface area contributed by atoms with Crippen molar-refractivity contribution in [1.29, 1.82) is 0 Å². The first kappa shape index (κ1) is 12.1. The van der Waals surface area contributed by atoms with Crippen LogP contribution >= 0.6 is 0 Å². The first-order chi connectivity index (χ1) is 7.49. The summed E-state index contributed by atoms with van der Waals surface area (Å²) in [7, 11) is 0. The van der Waals surface area contributed by atoms with Gasteiger partial charge in [-0.15, -0.1) is 0 Å². The summed E-state index contributed by atoms with van der Waals surface area (Å²) in [5.74, 6) is 0.468. The highest BCUT2D eigenvalue weighted by Crippen LogP contribution is 2.29. The van der Waals surface area contributed by atoms with E-state index in [1.54, 1.807) is 0 Å². The second kappa shape index (κ2) is 4.46. The zero-order valence-electron chi connectivity index (χ0n) is 10.9. The molecule has 0 spiro atoms. The number of piperazine rings is 1. The molecule has 0 aliphatic carbocycles. The van der Waals surface area contributed by atoms with Crippen molar-refractivity contribution >= 4 is 5.78 Å². The molecule has 2 rings (SSSR count). The van der Waals surface area contributed by atoms with Crippen molar-refractivity contribution in [1.82, 2.24) is 9.80 Å². The number of ketones is 1. The van der Waals surface area contributed by atoms with Gasteiger partial charge >= 0.3 is 0 Å². The highest BCUT2D eigenvalue weighted by molar-refractivity contribution is 5.80. The Morgan fingerprint density at radius 2 is 1.50 bits per heavy atom. The van der Waals surface area contributed by atoms with Crippen molar-refractivity contribution in [2.45, 2.75) is 64.7 Å². The maximum absolute atomic E-state index is 11.7. The lowest BCUT2D eigenvalue weighted by Crippen LogP contribution is -2.65. The Hall–Kier alpha value is -0.410. The maximum Gasteiger partial charge on any atom is 0.136 e. The number of hydrogen-bond donors (Lipinski definition) is 0. The van der Waals surface area contributed by atoms with Gasteiger partial charge in [-0.05, 0) is 27.7 Å². The summed E-state index contributed by atoms with van der Waals surface area (Å²) < 4.78 is 0. The highest BCUT2D eigenvalue weighted by Gasteiger charge is 2.41. The summed E-state index contributed by atoms with van der Waals surface area (Å²) in [5, 5.41) is 0. The Labute approximate surface area is 98.8 Å². The molecule has 2 saturated heterocycles. The fraction of sp³-hybridized carbons (Fsp3) is 0.923. The Morgan fingerprint density at radius 1 is 1.00 bits per heavy atom. The van der Waals surface area contributed by atoms with Gasteiger partial charge in [-0.3, -0.25) is 14.6 Å². The first-order valence-electron chi connectivity index (χ1n) is 6.52. The van der Waals surface area contributed by atoms with Gasteiger partial charge in [0, 0.05) is 50.1 Å². The maximum atomic E-state index is 11.7. The van der Waals surface area contributed by atoms with Gasteiger partial charge in [-0.2, -0.15) is 0 Å². The fourth-order valence-electron chi connectivity index (χ4n) is 3.32. The Morgan fingerprint density at radius 3 is 1.88 bits per heavy atom.